The first-order chi connectivity index (χ1) is 15.7. The summed E-state index contributed by atoms with van der Waals surface area (Å²) in [4.78, 5) is 0. The predicted octanol–water partition coefficient (Wildman–Crippen LogP) is 6.77. The van der Waals surface area contributed by atoms with Crippen LogP contribution in [0.4, 0.5) is 22.0 Å². The van der Waals surface area contributed by atoms with Crippen molar-refractivity contribution in [1.29, 1.82) is 0 Å². The zero-order valence-electron chi connectivity index (χ0n) is 18.4. The SMILES string of the molecule is CCCC1CCC(C(F)(F)Oc2ccc3c(c2F)Oc2c(cc(OCC)c(F)c2F)C3)OC1. The molecule has 2 aliphatic rings. The van der Waals surface area contributed by atoms with Crippen LogP contribution in [0.1, 0.15) is 50.7 Å². The molecule has 2 atom stereocenters. The van der Waals surface area contributed by atoms with Crippen molar-refractivity contribution in [3.63, 3.8) is 0 Å². The first-order valence-electron chi connectivity index (χ1n) is 11.1. The minimum atomic E-state index is -3.78. The summed E-state index contributed by atoms with van der Waals surface area (Å²) in [7, 11) is 0. The smallest absolute Gasteiger partial charge is 0.424 e. The van der Waals surface area contributed by atoms with E-state index in [0.29, 0.717) is 6.42 Å². The molecule has 0 aromatic heterocycles. The zero-order valence-corrected chi connectivity index (χ0v) is 18.4. The molecule has 9 heteroatoms. The van der Waals surface area contributed by atoms with Gasteiger partial charge in [0.2, 0.25) is 17.5 Å². The van der Waals surface area contributed by atoms with E-state index in [-0.39, 0.29) is 48.8 Å². The number of alkyl halides is 2. The average Bonchev–Trinajstić information content (AvgIpc) is 2.79. The maximum absolute atomic E-state index is 15.1. The summed E-state index contributed by atoms with van der Waals surface area (Å²) in [6.45, 7) is 3.96. The van der Waals surface area contributed by atoms with E-state index in [2.05, 4.69) is 0 Å². The van der Waals surface area contributed by atoms with Crippen LogP contribution in [0.3, 0.4) is 0 Å². The fourth-order valence-electron chi connectivity index (χ4n) is 4.27. The Hall–Kier alpha value is -2.55. The lowest BCUT2D eigenvalue weighted by Crippen LogP contribution is -2.44. The lowest BCUT2D eigenvalue weighted by Gasteiger charge is -2.33. The van der Waals surface area contributed by atoms with Crippen LogP contribution in [0.5, 0.6) is 23.0 Å². The molecule has 0 bridgehead atoms. The van der Waals surface area contributed by atoms with E-state index >= 15 is 4.39 Å². The summed E-state index contributed by atoms with van der Waals surface area (Å²) in [5.41, 5.74) is 0.529. The van der Waals surface area contributed by atoms with E-state index in [0.717, 1.165) is 18.9 Å². The molecule has 0 amide bonds. The molecule has 33 heavy (non-hydrogen) atoms. The summed E-state index contributed by atoms with van der Waals surface area (Å²) in [5, 5.41) is 0. The standard InChI is InChI=1S/C24H25F5O4/c1-3-5-13-6-9-18(31-12-13)24(28,29)33-16-8-7-14-10-15-11-17(30-4-2)19(25)21(27)23(15)32-22(14)20(16)26/h7-8,11,13,18H,3-6,9-10,12H2,1-2H3. The Morgan fingerprint density at radius 2 is 1.73 bits per heavy atom. The average molecular weight is 472 g/mol. The molecular formula is C24H25F5O4. The van der Waals surface area contributed by atoms with Crippen LogP contribution < -0.4 is 14.2 Å². The number of hydrogen-bond donors (Lipinski definition) is 0. The largest absolute Gasteiger partial charge is 0.491 e. The van der Waals surface area contributed by atoms with Crippen LogP contribution in [-0.4, -0.2) is 25.4 Å². The number of ether oxygens (including phenoxy) is 4. The first-order valence-corrected chi connectivity index (χ1v) is 11.1. The number of halogens is 5. The highest BCUT2D eigenvalue weighted by Gasteiger charge is 2.46. The number of hydrogen-bond acceptors (Lipinski definition) is 4. The van der Waals surface area contributed by atoms with Crippen molar-refractivity contribution in [3.05, 3.63) is 46.8 Å². The Morgan fingerprint density at radius 1 is 0.970 bits per heavy atom. The molecule has 2 heterocycles. The van der Waals surface area contributed by atoms with Gasteiger partial charge in [-0.1, -0.05) is 19.4 Å². The van der Waals surface area contributed by atoms with Crippen LogP contribution in [0.25, 0.3) is 0 Å². The molecular weight excluding hydrogens is 447 g/mol. The molecule has 1 fully saturated rings. The van der Waals surface area contributed by atoms with Crippen LogP contribution >= 0.6 is 0 Å². The van der Waals surface area contributed by atoms with Gasteiger partial charge in [-0.2, -0.15) is 22.0 Å². The van der Waals surface area contributed by atoms with E-state index in [4.69, 9.17) is 18.9 Å². The van der Waals surface area contributed by atoms with Gasteiger partial charge in [0, 0.05) is 17.5 Å². The molecule has 4 nitrogen and oxygen atoms in total. The molecule has 2 unspecified atom stereocenters. The summed E-state index contributed by atoms with van der Waals surface area (Å²) in [6, 6.07) is 3.71. The second-order valence-corrected chi connectivity index (χ2v) is 8.29. The molecule has 180 valence electrons. The molecule has 4 rings (SSSR count). The van der Waals surface area contributed by atoms with Gasteiger partial charge in [-0.25, -0.2) is 0 Å². The van der Waals surface area contributed by atoms with Gasteiger partial charge in [0.15, 0.2) is 29.1 Å². The van der Waals surface area contributed by atoms with Crippen molar-refractivity contribution in [1.82, 2.24) is 0 Å². The molecule has 0 N–H and O–H groups in total. The van der Waals surface area contributed by atoms with Crippen LogP contribution in [0.15, 0.2) is 18.2 Å². The fraction of sp³-hybridized carbons (Fsp3) is 0.500. The topological polar surface area (TPSA) is 36.9 Å². The van der Waals surface area contributed by atoms with E-state index in [1.54, 1.807) is 6.92 Å². The van der Waals surface area contributed by atoms with Gasteiger partial charge in [0.05, 0.1) is 13.2 Å². The third-order valence-electron chi connectivity index (χ3n) is 5.92. The van der Waals surface area contributed by atoms with Gasteiger partial charge in [-0.3, -0.25) is 0 Å². The third-order valence-corrected chi connectivity index (χ3v) is 5.92. The van der Waals surface area contributed by atoms with Crippen LogP contribution in [0.2, 0.25) is 0 Å². The number of benzene rings is 2. The Balaban J connectivity index is 1.55. The Morgan fingerprint density at radius 3 is 2.39 bits per heavy atom. The van der Waals surface area contributed by atoms with Gasteiger partial charge in [-0.05, 0) is 44.2 Å². The van der Waals surface area contributed by atoms with E-state index in [9.17, 15) is 17.6 Å². The van der Waals surface area contributed by atoms with Crippen molar-refractivity contribution < 1.29 is 40.9 Å². The molecule has 0 radical (unpaired) electrons. The van der Waals surface area contributed by atoms with E-state index in [1.807, 2.05) is 6.92 Å². The Kier molecular flexibility index (Phi) is 6.70. The highest BCUT2D eigenvalue weighted by Crippen LogP contribution is 2.45. The molecule has 1 saturated heterocycles. The predicted molar refractivity (Wildman–Crippen MR) is 110 cm³/mol. The fourth-order valence-corrected chi connectivity index (χ4v) is 4.27. The molecule has 0 saturated carbocycles. The Labute approximate surface area is 188 Å². The molecule has 0 spiro atoms. The summed E-state index contributed by atoms with van der Waals surface area (Å²) in [5.74, 6) is -5.64. The summed E-state index contributed by atoms with van der Waals surface area (Å²) >= 11 is 0. The second-order valence-electron chi connectivity index (χ2n) is 8.29. The summed E-state index contributed by atoms with van der Waals surface area (Å²) < 4.78 is 93.7. The molecule has 2 aromatic carbocycles. The van der Waals surface area contributed by atoms with E-state index in [1.165, 1.54) is 12.1 Å². The van der Waals surface area contributed by atoms with Gasteiger partial charge >= 0.3 is 6.11 Å². The van der Waals surface area contributed by atoms with Crippen molar-refractivity contribution >= 4 is 0 Å². The zero-order chi connectivity index (χ0) is 23.8. The normalized spacial score (nSPS) is 20.0. The lowest BCUT2D eigenvalue weighted by atomic mass is 9.94. The van der Waals surface area contributed by atoms with Crippen molar-refractivity contribution in [2.45, 2.75) is 58.2 Å². The third kappa shape index (κ3) is 4.60. The maximum atomic E-state index is 15.1. The monoisotopic (exact) mass is 472 g/mol. The van der Waals surface area contributed by atoms with Crippen LogP contribution in [0, 0.1) is 23.4 Å². The second kappa shape index (κ2) is 9.37. The highest BCUT2D eigenvalue weighted by atomic mass is 19.3. The van der Waals surface area contributed by atoms with Crippen molar-refractivity contribution in [2.75, 3.05) is 13.2 Å². The van der Waals surface area contributed by atoms with Gasteiger partial charge in [0.25, 0.3) is 0 Å². The summed E-state index contributed by atoms with van der Waals surface area (Å²) in [6.07, 6.45) is -2.80. The Bertz CT molecular complexity index is 1020. The van der Waals surface area contributed by atoms with Gasteiger partial charge in [0.1, 0.15) is 0 Å². The van der Waals surface area contributed by atoms with Crippen molar-refractivity contribution in [2.24, 2.45) is 5.92 Å². The quantitative estimate of drug-likeness (QED) is 0.356. The molecule has 2 aliphatic heterocycles. The lowest BCUT2D eigenvalue weighted by molar-refractivity contribution is -0.265. The number of rotatable bonds is 7. The molecule has 0 aliphatic carbocycles. The number of fused-ring (bicyclic) bond motifs is 2. The van der Waals surface area contributed by atoms with Gasteiger partial charge in [-0.15, -0.1) is 0 Å². The minimum absolute atomic E-state index is 0.0000862. The molecule has 2 aromatic rings. The minimum Gasteiger partial charge on any atom is -0.491 e. The van der Waals surface area contributed by atoms with Gasteiger partial charge < -0.3 is 18.9 Å². The highest BCUT2D eigenvalue weighted by molar-refractivity contribution is 5.55. The van der Waals surface area contributed by atoms with E-state index < -0.39 is 46.9 Å². The van der Waals surface area contributed by atoms with Crippen molar-refractivity contribution in [3.8, 4) is 23.0 Å². The van der Waals surface area contributed by atoms with Crippen LogP contribution in [-0.2, 0) is 11.2 Å². The first kappa shape index (κ1) is 23.6. The maximum Gasteiger partial charge on any atom is 0.424 e.